The molecule has 0 aliphatic carbocycles. The van der Waals surface area contributed by atoms with Crippen molar-refractivity contribution in [3.8, 4) is 11.1 Å². The fraction of sp³-hybridized carbons (Fsp3) is 0.286. The highest BCUT2D eigenvalue weighted by atomic mass is 35.5. The number of hydrogen-bond donors (Lipinski definition) is 1. The van der Waals surface area contributed by atoms with Gasteiger partial charge in [-0.25, -0.2) is 8.42 Å². The van der Waals surface area contributed by atoms with Gasteiger partial charge in [0.05, 0.1) is 23.2 Å². The van der Waals surface area contributed by atoms with Gasteiger partial charge in [-0.15, -0.1) is 0 Å². The van der Waals surface area contributed by atoms with Gasteiger partial charge < -0.3 is 4.90 Å². The van der Waals surface area contributed by atoms with E-state index in [1.54, 1.807) is 36.4 Å². The number of nitrogens with zero attached hydrogens (tertiary/aromatic N) is 1. The lowest BCUT2D eigenvalue weighted by molar-refractivity contribution is -0.137. The van der Waals surface area contributed by atoms with E-state index < -0.39 is 33.6 Å². The summed E-state index contributed by atoms with van der Waals surface area (Å²) < 4.78 is 68.6. The monoisotopic (exact) mass is 578 g/mol. The molecule has 0 aromatic heterocycles. The first-order valence-corrected chi connectivity index (χ1v) is 14.4. The normalized spacial score (nSPS) is 16.3. The average molecular weight is 579 g/mol. The summed E-state index contributed by atoms with van der Waals surface area (Å²) in [5, 5.41) is 0.533. The Hall–Kier alpha value is -3.37. The Morgan fingerprint density at radius 1 is 1.08 bits per heavy atom. The molecule has 6 nitrogen and oxygen atoms in total. The van der Waals surface area contributed by atoms with Gasteiger partial charge in [0.2, 0.25) is 15.9 Å². The summed E-state index contributed by atoms with van der Waals surface area (Å²) in [7, 11) is -3.68. The van der Waals surface area contributed by atoms with Crippen LogP contribution in [0, 0.1) is 5.92 Å². The fourth-order valence-corrected chi connectivity index (χ4v) is 5.45. The van der Waals surface area contributed by atoms with E-state index in [0.717, 1.165) is 22.8 Å². The molecule has 1 saturated heterocycles. The smallest absolute Gasteiger partial charge is 0.312 e. The second kappa shape index (κ2) is 11.4. The zero-order chi connectivity index (χ0) is 28.4. The highest BCUT2D eigenvalue weighted by Gasteiger charge is 2.39. The zero-order valence-electron chi connectivity index (χ0n) is 21.0. The number of halogens is 4. The number of amides is 1. The van der Waals surface area contributed by atoms with Crippen LogP contribution in [0.5, 0.6) is 0 Å². The number of anilines is 2. The molecule has 0 unspecified atom stereocenters. The number of hydrogen-bond acceptors (Lipinski definition) is 4. The maximum Gasteiger partial charge on any atom is 0.418 e. The number of carbonyl (C=O) groups is 2. The molecule has 0 bridgehead atoms. The maximum atomic E-state index is 14.3. The average Bonchev–Trinajstić information content (AvgIpc) is 2.85. The molecule has 3 aromatic rings. The minimum Gasteiger partial charge on any atom is -0.312 e. The largest absolute Gasteiger partial charge is 0.418 e. The predicted molar refractivity (Wildman–Crippen MR) is 145 cm³/mol. The van der Waals surface area contributed by atoms with Crippen LogP contribution in [0.4, 0.5) is 24.5 Å². The summed E-state index contributed by atoms with van der Waals surface area (Å²) in [5.41, 5.74) is -0.0396. The molecule has 11 heteroatoms. The van der Waals surface area contributed by atoms with E-state index in [1.807, 2.05) is 0 Å². The molecule has 1 N–H and O–H groups in total. The van der Waals surface area contributed by atoms with Gasteiger partial charge in [0.1, 0.15) is 5.78 Å². The summed E-state index contributed by atoms with van der Waals surface area (Å²) in [6.07, 6.45) is -2.95. The quantitative estimate of drug-likeness (QED) is 0.338. The summed E-state index contributed by atoms with van der Waals surface area (Å²) in [6.45, 7) is 0.0926. The van der Waals surface area contributed by atoms with E-state index in [4.69, 9.17) is 11.6 Å². The Kier molecular flexibility index (Phi) is 8.37. The molecule has 1 atom stereocenters. The molecule has 3 aromatic carbocycles. The minimum absolute atomic E-state index is 0.0675. The van der Waals surface area contributed by atoms with Crippen molar-refractivity contribution in [1.29, 1.82) is 0 Å². The van der Waals surface area contributed by atoms with Gasteiger partial charge in [0.25, 0.3) is 0 Å². The van der Waals surface area contributed by atoms with Crippen LogP contribution in [-0.2, 0) is 32.2 Å². The number of carbonyl (C=O) groups excluding carboxylic acids is 2. The lowest BCUT2D eigenvalue weighted by Crippen LogP contribution is -2.43. The molecule has 1 aliphatic rings. The second-order valence-electron chi connectivity index (χ2n) is 9.52. The number of rotatable bonds is 8. The number of nitrogens with one attached hydrogen (secondary N) is 1. The molecular weight excluding hydrogens is 553 g/mol. The Morgan fingerprint density at radius 2 is 1.77 bits per heavy atom. The second-order valence-corrected chi connectivity index (χ2v) is 11.7. The molecule has 1 heterocycles. The third-order valence-corrected chi connectivity index (χ3v) is 7.31. The van der Waals surface area contributed by atoms with Crippen LogP contribution in [0.1, 0.15) is 30.4 Å². The summed E-state index contributed by atoms with van der Waals surface area (Å²) >= 11 is 5.88. The highest BCUT2D eigenvalue weighted by Crippen LogP contribution is 2.42. The first-order valence-electron chi connectivity index (χ1n) is 12.2. The predicted octanol–water partition coefficient (Wildman–Crippen LogP) is 6.34. The summed E-state index contributed by atoms with van der Waals surface area (Å²) in [5.74, 6) is -1.43. The number of para-hydroxylation sites is 1. The number of ketones is 1. The first kappa shape index (κ1) is 28.6. The van der Waals surface area contributed by atoms with Crippen LogP contribution in [0.2, 0.25) is 5.02 Å². The molecule has 206 valence electrons. The highest BCUT2D eigenvalue weighted by molar-refractivity contribution is 7.92. The first-order chi connectivity index (χ1) is 18.3. The van der Waals surface area contributed by atoms with E-state index >= 15 is 0 Å². The Morgan fingerprint density at radius 3 is 2.44 bits per heavy atom. The summed E-state index contributed by atoms with van der Waals surface area (Å²) in [4.78, 5) is 27.1. The number of benzene rings is 3. The molecule has 0 saturated carbocycles. The van der Waals surface area contributed by atoms with Gasteiger partial charge in [-0.2, -0.15) is 13.2 Å². The van der Waals surface area contributed by atoms with Crippen molar-refractivity contribution in [1.82, 2.24) is 0 Å². The summed E-state index contributed by atoms with van der Waals surface area (Å²) in [6, 6.07) is 16.5. The molecule has 0 radical (unpaired) electrons. The molecule has 0 spiro atoms. The lowest BCUT2D eigenvalue weighted by Gasteiger charge is -2.34. The molecule has 1 fully saturated rings. The van der Waals surface area contributed by atoms with Crippen LogP contribution < -0.4 is 9.62 Å². The zero-order valence-corrected chi connectivity index (χ0v) is 22.5. The number of alkyl halides is 3. The van der Waals surface area contributed by atoms with Gasteiger partial charge in [0, 0.05) is 35.9 Å². The van der Waals surface area contributed by atoms with Crippen LogP contribution in [0.15, 0.2) is 66.7 Å². The van der Waals surface area contributed by atoms with Crippen molar-refractivity contribution in [2.45, 2.75) is 31.9 Å². The number of Topliss-reactive ketones (excluding diaryl/α,β-unsaturated/α-hetero) is 1. The van der Waals surface area contributed by atoms with E-state index in [2.05, 4.69) is 4.72 Å². The number of sulfonamides is 1. The van der Waals surface area contributed by atoms with Crippen molar-refractivity contribution in [2.75, 3.05) is 22.4 Å². The SMILES string of the molecule is CS(=O)(=O)Nc1ccccc1-c1ccc(N2CCC[C@@H](CC(=O)Cc3ccc(Cl)cc3)C2=O)c(C(F)(F)F)c1. The van der Waals surface area contributed by atoms with Crippen molar-refractivity contribution < 1.29 is 31.2 Å². The third-order valence-electron chi connectivity index (χ3n) is 6.46. The lowest BCUT2D eigenvalue weighted by atomic mass is 9.89. The van der Waals surface area contributed by atoms with Gasteiger partial charge in [-0.3, -0.25) is 14.3 Å². The molecule has 1 aliphatic heterocycles. The minimum atomic E-state index is -4.79. The van der Waals surface area contributed by atoms with E-state index in [9.17, 15) is 31.2 Å². The van der Waals surface area contributed by atoms with E-state index in [0.29, 0.717) is 17.9 Å². The van der Waals surface area contributed by atoms with Crippen molar-refractivity contribution in [3.05, 3.63) is 82.9 Å². The van der Waals surface area contributed by atoms with Crippen molar-refractivity contribution >= 4 is 44.7 Å². The van der Waals surface area contributed by atoms with Gasteiger partial charge in [0.15, 0.2) is 0 Å². The van der Waals surface area contributed by atoms with Crippen molar-refractivity contribution in [2.24, 2.45) is 5.92 Å². The van der Waals surface area contributed by atoms with Crippen LogP contribution in [0.3, 0.4) is 0 Å². The number of piperidine rings is 1. The molecule has 1 amide bonds. The van der Waals surface area contributed by atoms with Crippen LogP contribution >= 0.6 is 11.6 Å². The molecule has 39 heavy (non-hydrogen) atoms. The van der Waals surface area contributed by atoms with Crippen molar-refractivity contribution in [3.63, 3.8) is 0 Å². The Bertz CT molecular complexity index is 1490. The Labute approximate surface area is 229 Å². The molecule has 4 rings (SSSR count). The van der Waals surface area contributed by atoms with E-state index in [1.165, 1.54) is 24.3 Å². The standard InChI is InChI=1S/C28H26ClF3N2O4S/c1-39(37,38)33-25-7-3-2-6-23(25)19-10-13-26(24(17-19)28(30,31)32)34-14-4-5-20(27(34)36)16-22(35)15-18-8-11-21(29)12-9-18/h2-3,6-13,17,20,33H,4-5,14-16H2,1H3/t20-/m0/s1. The molecular formula is C28H26ClF3N2O4S. The third kappa shape index (κ3) is 7.19. The van der Waals surface area contributed by atoms with Gasteiger partial charge >= 0.3 is 6.18 Å². The van der Waals surface area contributed by atoms with Gasteiger partial charge in [-0.1, -0.05) is 48.0 Å². The van der Waals surface area contributed by atoms with Crippen LogP contribution in [-0.4, -0.2) is 32.9 Å². The maximum absolute atomic E-state index is 14.3. The van der Waals surface area contributed by atoms with Crippen LogP contribution in [0.25, 0.3) is 11.1 Å². The Balaban J connectivity index is 1.61. The van der Waals surface area contributed by atoms with E-state index in [-0.39, 0.29) is 47.7 Å². The van der Waals surface area contributed by atoms with Gasteiger partial charge in [-0.05, 0) is 54.3 Å². The fourth-order valence-electron chi connectivity index (χ4n) is 4.74. The topological polar surface area (TPSA) is 83.6 Å².